The first-order valence-corrected chi connectivity index (χ1v) is 24.0. The maximum absolute atomic E-state index is 14.9. The van der Waals surface area contributed by atoms with E-state index in [0.29, 0.717) is 63.7 Å². The Hall–Kier alpha value is -4.67. The number of hydrogen-bond donors (Lipinski definition) is 3. The summed E-state index contributed by atoms with van der Waals surface area (Å²) in [4.78, 5) is 69.5. The molecule has 346 valence electrons. The van der Waals surface area contributed by atoms with Crippen molar-refractivity contribution in [3.8, 4) is 22.9 Å². The number of aromatic nitrogens is 2. The number of nitrogens with one attached hydrogen (secondary N) is 3. The molecule has 5 fully saturated rings. The van der Waals surface area contributed by atoms with Crippen LogP contribution in [0.25, 0.3) is 22.3 Å². The first kappa shape index (κ1) is 45.9. The Bertz CT molecular complexity index is 2250. The van der Waals surface area contributed by atoms with Gasteiger partial charge in [-0.15, -0.1) is 17.9 Å². The molecule has 1 aromatic carbocycles. The molecule has 0 spiro atoms. The number of thiazole rings is 1. The van der Waals surface area contributed by atoms with Gasteiger partial charge < -0.3 is 39.8 Å². The van der Waals surface area contributed by atoms with Gasteiger partial charge in [0, 0.05) is 41.8 Å². The van der Waals surface area contributed by atoms with E-state index < -0.39 is 53.0 Å². The van der Waals surface area contributed by atoms with Crippen LogP contribution in [0.3, 0.4) is 0 Å². The molecule has 3 aromatic rings. The molecule has 2 saturated heterocycles. The van der Waals surface area contributed by atoms with Crippen LogP contribution in [0.15, 0.2) is 36.2 Å². The van der Waals surface area contributed by atoms with Gasteiger partial charge >= 0.3 is 12.1 Å². The second kappa shape index (κ2) is 18.7. The van der Waals surface area contributed by atoms with Gasteiger partial charge in [0.25, 0.3) is 0 Å². The fraction of sp³-hybridized carbons (Fsp3) is 0.617. The maximum Gasteiger partial charge on any atom is 0.408 e. The van der Waals surface area contributed by atoms with Crippen molar-refractivity contribution in [3.05, 3.63) is 41.3 Å². The predicted molar refractivity (Wildman–Crippen MR) is 246 cm³/mol. The molecule has 4 heterocycles. The van der Waals surface area contributed by atoms with E-state index in [-0.39, 0.29) is 31.0 Å². The smallest absolute Gasteiger partial charge is 0.408 e. The van der Waals surface area contributed by atoms with Crippen LogP contribution < -0.4 is 25.4 Å². The van der Waals surface area contributed by atoms with Gasteiger partial charge in [-0.3, -0.25) is 14.5 Å². The zero-order chi connectivity index (χ0) is 45.5. The van der Waals surface area contributed by atoms with Crippen molar-refractivity contribution in [2.24, 2.45) is 23.2 Å². The number of amides is 3. The number of anilines is 1. The van der Waals surface area contributed by atoms with Crippen molar-refractivity contribution >= 4 is 62.8 Å². The lowest BCUT2D eigenvalue weighted by Crippen LogP contribution is -2.59. The Morgan fingerprint density at radius 3 is 2.44 bits per heavy atom. The molecule has 0 bridgehead atoms. The van der Waals surface area contributed by atoms with Crippen LogP contribution in [0.2, 0.25) is 5.02 Å². The largest absolute Gasteiger partial charge is 0.491 e. The number of methoxy groups -OCH3 is 1. The lowest BCUT2D eigenvalue weighted by atomic mass is 9.85. The summed E-state index contributed by atoms with van der Waals surface area (Å²) in [6.07, 6.45) is 6.89. The number of carbonyl (C=O) groups excluding carboxylic acids is 4. The second-order valence-corrected chi connectivity index (χ2v) is 20.8. The summed E-state index contributed by atoms with van der Waals surface area (Å²) >= 11 is 8.60. The quantitative estimate of drug-likeness (QED) is 0.0975. The number of likely N-dealkylation sites (tertiary alicyclic amines) is 2. The second-order valence-electron chi connectivity index (χ2n) is 19.5. The number of piperidine rings is 1. The number of alkyl carbamates (subject to hydrolysis) is 1. The summed E-state index contributed by atoms with van der Waals surface area (Å²) in [6.45, 7) is 16.8. The molecular weight excluding hydrogens is 858 g/mol. The molecule has 3 saturated carbocycles. The summed E-state index contributed by atoms with van der Waals surface area (Å²) in [6, 6.07) is 3.52. The molecule has 0 radical (unpaired) electrons. The van der Waals surface area contributed by atoms with E-state index in [1.807, 2.05) is 52.1 Å². The minimum absolute atomic E-state index is 0.00788. The number of fused-ring (bicyclic) bond motifs is 2. The minimum atomic E-state index is -1.30. The molecule has 3 unspecified atom stereocenters. The Morgan fingerprint density at radius 2 is 1.77 bits per heavy atom. The van der Waals surface area contributed by atoms with Gasteiger partial charge in [0.2, 0.25) is 11.8 Å². The number of ether oxygens (including phenoxy) is 4. The molecule has 3 aliphatic carbocycles. The molecule has 2 aromatic heterocycles. The third-order valence-corrected chi connectivity index (χ3v) is 14.5. The van der Waals surface area contributed by atoms with Gasteiger partial charge in [0.15, 0.2) is 5.13 Å². The van der Waals surface area contributed by atoms with Crippen molar-refractivity contribution in [1.29, 1.82) is 0 Å². The normalized spacial score (nSPS) is 26.8. The van der Waals surface area contributed by atoms with E-state index in [2.05, 4.69) is 27.4 Å². The number of rotatable bonds is 16. The van der Waals surface area contributed by atoms with Gasteiger partial charge in [0.1, 0.15) is 58.7 Å². The zero-order valence-corrected chi connectivity index (χ0v) is 39.3. The molecule has 15 nitrogen and oxygen atoms in total. The highest BCUT2D eigenvalue weighted by Gasteiger charge is 2.62. The molecule has 8 rings (SSSR count). The SMILES string of the molecule is C=C[C@@H]1CC1(NC(=O)[C@@H]1CC(Oc2cc(-c3csc(NC(C)C)n3)nc3c(Cl)c(OCCN4CCCCC4)ccc23)CN1C(=O)[C@@H](NC(=O)OC1C[C@@H]2C[C@@H]2C1)C(C)(C)C)C(=O)OC. The minimum Gasteiger partial charge on any atom is -0.491 e. The Balaban J connectivity index is 1.10. The van der Waals surface area contributed by atoms with E-state index in [4.69, 9.17) is 40.5 Å². The Morgan fingerprint density at radius 1 is 1.02 bits per heavy atom. The Kier molecular flexibility index (Phi) is 13.4. The Labute approximate surface area is 384 Å². The highest BCUT2D eigenvalue weighted by atomic mass is 35.5. The van der Waals surface area contributed by atoms with Crippen molar-refractivity contribution in [3.63, 3.8) is 0 Å². The summed E-state index contributed by atoms with van der Waals surface area (Å²) in [5.41, 5.74) is -0.490. The summed E-state index contributed by atoms with van der Waals surface area (Å²) in [7, 11) is 1.27. The van der Waals surface area contributed by atoms with Gasteiger partial charge in [-0.05, 0) is 94.8 Å². The average Bonchev–Trinajstić information content (AvgIpc) is 3.92. The first-order chi connectivity index (χ1) is 30.6. The van der Waals surface area contributed by atoms with Crippen LogP contribution in [0, 0.1) is 23.2 Å². The van der Waals surface area contributed by atoms with Crippen molar-refractivity contribution in [2.45, 2.75) is 122 Å². The predicted octanol–water partition coefficient (Wildman–Crippen LogP) is 7.22. The van der Waals surface area contributed by atoms with Gasteiger partial charge in [-0.1, -0.05) is 44.9 Å². The van der Waals surface area contributed by atoms with E-state index in [0.717, 1.165) is 37.6 Å². The number of halogens is 1. The van der Waals surface area contributed by atoms with Crippen molar-refractivity contribution in [1.82, 2.24) is 30.4 Å². The average molecular weight is 921 g/mol. The lowest BCUT2D eigenvalue weighted by molar-refractivity contribution is -0.148. The fourth-order valence-corrected chi connectivity index (χ4v) is 10.7. The van der Waals surface area contributed by atoms with Gasteiger partial charge in [-0.2, -0.15) is 0 Å². The number of carbonyl (C=O) groups is 4. The maximum atomic E-state index is 14.9. The summed E-state index contributed by atoms with van der Waals surface area (Å²) in [5, 5.41) is 12.7. The van der Waals surface area contributed by atoms with E-state index in [1.54, 1.807) is 12.1 Å². The van der Waals surface area contributed by atoms with E-state index >= 15 is 0 Å². The molecule has 64 heavy (non-hydrogen) atoms. The molecule has 17 heteroatoms. The van der Waals surface area contributed by atoms with Crippen LogP contribution in [-0.4, -0.2) is 119 Å². The third kappa shape index (κ3) is 9.93. The molecule has 3 N–H and O–H groups in total. The highest BCUT2D eigenvalue weighted by Crippen LogP contribution is 2.52. The first-order valence-electron chi connectivity index (χ1n) is 22.7. The third-order valence-electron chi connectivity index (χ3n) is 13.3. The van der Waals surface area contributed by atoms with Crippen LogP contribution in [0.1, 0.15) is 86.0 Å². The van der Waals surface area contributed by atoms with Crippen LogP contribution in [0.4, 0.5) is 9.93 Å². The van der Waals surface area contributed by atoms with Gasteiger partial charge in [-0.25, -0.2) is 19.6 Å². The van der Waals surface area contributed by atoms with Crippen LogP contribution in [0.5, 0.6) is 11.5 Å². The van der Waals surface area contributed by atoms with Gasteiger partial charge in [0.05, 0.1) is 24.9 Å². The topological polar surface area (TPSA) is 174 Å². The number of hydrogen-bond acceptors (Lipinski definition) is 13. The van der Waals surface area contributed by atoms with E-state index in [1.165, 1.54) is 49.0 Å². The number of benzene rings is 1. The van der Waals surface area contributed by atoms with Crippen LogP contribution in [-0.2, 0) is 23.9 Å². The van der Waals surface area contributed by atoms with Crippen molar-refractivity contribution < 1.29 is 38.1 Å². The summed E-state index contributed by atoms with van der Waals surface area (Å²) < 4.78 is 24.0. The van der Waals surface area contributed by atoms with Crippen molar-refractivity contribution in [2.75, 3.05) is 45.2 Å². The number of esters is 1. The molecule has 5 aliphatic rings. The number of nitrogens with zero attached hydrogens (tertiary/aromatic N) is 4. The molecule has 3 amide bonds. The highest BCUT2D eigenvalue weighted by molar-refractivity contribution is 7.14. The standard InChI is InChI=1S/C47H62ClN7O8S/c1-8-29-23-47(29,43(58)60-7)53-41(56)35-21-31(24-55(35)42(57)40(46(4,5)6)52-45(59)63-30-19-27-18-28(27)20-30)62-37-22-33(34-25-64-44(51-34)49-26(2)3)50-39-32(37)12-13-36(38(39)48)61-17-16-54-14-10-9-11-15-54/h8,12-13,22,25-31,35,40H,1,9-11,14-21,23-24H2,2-7H3,(H,49,51)(H,52,59)(H,53,56)/t27-,28+,29-,30?,31?,35+,40-,47?/m1/s1. The molecular formula is C47H62ClN7O8S. The van der Waals surface area contributed by atoms with E-state index in [9.17, 15) is 19.2 Å². The lowest BCUT2D eigenvalue weighted by Gasteiger charge is -2.35. The monoisotopic (exact) mass is 919 g/mol. The molecule has 8 atom stereocenters. The molecule has 2 aliphatic heterocycles. The fourth-order valence-electron chi connectivity index (χ4n) is 9.64. The zero-order valence-electron chi connectivity index (χ0n) is 37.7. The van der Waals surface area contributed by atoms with Crippen LogP contribution >= 0.6 is 22.9 Å². The number of pyridine rings is 1. The summed E-state index contributed by atoms with van der Waals surface area (Å²) in [5.74, 6) is 0.185.